The van der Waals surface area contributed by atoms with Crippen molar-refractivity contribution in [3.05, 3.63) is 10.4 Å². The molecule has 0 rings (SSSR count). The Labute approximate surface area is 88.0 Å². The average molecular weight is 220 g/mol. The van der Waals surface area contributed by atoms with Gasteiger partial charge in [0.25, 0.3) is 0 Å². The Hall–Kier alpha value is -0.930. The van der Waals surface area contributed by atoms with E-state index in [-0.39, 0.29) is 11.8 Å². The van der Waals surface area contributed by atoms with Gasteiger partial charge in [0.15, 0.2) is 0 Å². The minimum atomic E-state index is -0.374. The fourth-order valence-electron chi connectivity index (χ4n) is 0.907. The van der Waals surface area contributed by atoms with E-state index in [1.54, 1.807) is 0 Å². The molecule has 0 amide bonds. The molecule has 6 heteroatoms. The maximum atomic E-state index is 10.6. The summed E-state index contributed by atoms with van der Waals surface area (Å²) >= 11 is 5.23. The molecule has 0 heterocycles. The number of carbonyl (C=O) groups is 1. The summed E-state index contributed by atoms with van der Waals surface area (Å²) in [5.41, 5.74) is 7.98. The molecular formula is C8H14ClN3O2. The first kappa shape index (κ1) is 13.1. The summed E-state index contributed by atoms with van der Waals surface area (Å²) in [5, 5.41) is 3.41. The third-order valence-corrected chi connectivity index (χ3v) is 1.81. The first-order chi connectivity index (χ1) is 6.81. The van der Waals surface area contributed by atoms with E-state index >= 15 is 0 Å². The fraction of sp³-hybridized carbons (Fsp3) is 0.875. The van der Waals surface area contributed by atoms with Gasteiger partial charge in [0.05, 0.1) is 6.61 Å². The van der Waals surface area contributed by atoms with Gasteiger partial charge in [0.1, 0.15) is 5.88 Å². The molecule has 5 nitrogen and oxygen atoms in total. The maximum absolute atomic E-state index is 10.6. The lowest BCUT2D eigenvalue weighted by molar-refractivity contribution is -0.140. The van der Waals surface area contributed by atoms with Crippen molar-refractivity contribution < 1.29 is 9.53 Å². The van der Waals surface area contributed by atoms with Crippen molar-refractivity contribution in [1.82, 2.24) is 0 Å². The molecule has 0 saturated carbocycles. The Bertz CT molecular complexity index is 205. The molecule has 14 heavy (non-hydrogen) atoms. The molecule has 0 aromatic carbocycles. The molecule has 0 atom stereocenters. The summed E-state index contributed by atoms with van der Waals surface area (Å²) in [5.74, 6) is -0.461. The van der Waals surface area contributed by atoms with Crippen LogP contribution in [0.15, 0.2) is 5.11 Å². The highest BCUT2D eigenvalue weighted by atomic mass is 35.5. The molecule has 0 N–H and O–H groups in total. The lowest BCUT2D eigenvalue weighted by Gasteiger charge is -2.01. The third kappa shape index (κ3) is 9.16. The van der Waals surface area contributed by atoms with Gasteiger partial charge in [-0.25, -0.2) is 0 Å². The van der Waals surface area contributed by atoms with Gasteiger partial charge in [-0.15, -0.1) is 11.6 Å². The highest BCUT2D eigenvalue weighted by molar-refractivity contribution is 6.26. The van der Waals surface area contributed by atoms with Gasteiger partial charge in [-0.3, -0.25) is 4.79 Å². The molecule has 0 unspecified atom stereocenters. The van der Waals surface area contributed by atoms with Crippen molar-refractivity contribution >= 4 is 17.6 Å². The van der Waals surface area contributed by atoms with E-state index in [2.05, 4.69) is 10.0 Å². The van der Waals surface area contributed by atoms with E-state index in [1.165, 1.54) is 0 Å². The van der Waals surface area contributed by atoms with Gasteiger partial charge in [0, 0.05) is 11.5 Å². The zero-order valence-corrected chi connectivity index (χ0v) is 8.74. The topological polar surface area (TPSA) is 75.1 Å². The number of hydrogen-bond acceptors (Lipinski definition) is 3. The minimum absolute atomic E-state index is 0.0864. The lowest BCUT2D eigenvalue weighted by Crippen LogP contribution is -2.06. The molecule has 0 bridgehead atoms. The van der Waals surface area contributed by atoms with Crippen LogP contribution in [0.3, 0.4) is 0 Å². The van der Waals surface area contributed by atoms with Crippen LogP contribution in [0.5, 0.6) is 0 Å². The normalized spacial score (nSPS) is 9.21. The Morgan fingerprint density at radius 3 is 2.71 bits per heavy atom. The van der Waals surface area contributed by atoms with Crippen molar-refractivity contribution in [2.24, 2.45) is 5.11 Å². The van der Waals surface area contributed by atoms with Gasteiger partial charge >= 0.3 is 5.97 Å². The van der Waals surface area contributed by atoms with Crippen LogP contribution in [0, 0.1) is 0 Å². The van der Waals surface area contributed by atoms with Crippen molar-refractivity contribution in [3.8, 4) is 0 Å². The van der Waals surface area contributed by atoms with Crippen molar-refractivity contribution in [1.29, 1.82) is 0 Å². The molecule has 0 aromatic rings. The third-order valence-electron chi connectivity index (χ3n) is 1.59. The molecule has 0 aliphatic heterocycles. The van der Waals surface area contributed by atoms with Crippen LogP contribution in [0.2, 0.25) is 0 Å². The van der Waals surface area contributed by atoms with Gasteiger partial charge in [-0.1, -0.05) is 18.0 Å². The van der Waals surface area contributed by atoms with E-state index in [9.17, 15) is 4.79 Å². The number of carbonyl (C=O) groups excluding carboxylic acids is 1. The molecule has 0 spiro atoms. The highest BCUT2D eigenvalue weighted by Gasteiger charge is 1.97. The second-order valence-electron chi connectivity index (χ2n) is 2.72. The average Bonchev–Trinajstić information content (AvgIpc) is 2.21. The molecular weight excluding hydrogens is 206 g/mol. The van der Waals surface area contributed by atoms with Gasteiger partial charge < -0.3 is 4.74 Å². The van der Waals surface area contributed by atoms with Crippen LogP contribution >= 0.6 is 11.6 Å². The van der Waals surface area contributed by atoms with E-state index in [4.69, 9.17) is 21.9 Å². The van der Waals surface area contributed by atoms with Crippen LogP contribution in [0.4, 0.5) is 0 Å². The number of ether oxygens (including phenoxy) is 1. The Kier molecular flexibility index (Phi) is 9.48. The summed E-state index contributed by atoms with van der Waals surface area (Å²) in [6.07, 6.45) is 3.67. The summed E-state index contributed by atoms with van der Waals surface area (Å²) in [6, 6.07) is 0. The Balaban J connectivity index is 3.06. The standard InChI is InChI=1S/C8H14ClN3O2/c9-7-8(13)14-6-4-2-1-3-5-11-12-10/h1-7H2. The number of rotatable bonds is 8. The molecule has 80 valence electrons. The van der Waals surface area contributed by atoms with E-state index in [0.29, 0.717) is 13.2 Å². The van der Waals surface area contributed by atoms with Crippen LogP contribution in [0.25, 0.3) is 10.4 Å². The van der Waals surface area contributed by atoms with Gasteiger partial charge in [-0.05, 0) is 18.4 Å². The highest BCUT2D eigenvalue weighted by Crippen LogP contribution is 2.00. The van der Waals surface area contributed by atoms with Crippen LogP contribution in [0.1, 0.15) is 25.7 Å². The lowest BCUT2D eigenvalue weighted by atomic mass is 10.2. The molecule has 0 radical (unpaired) electrons. The summed E-state index contributed by atoms with van der Waals surface area (Å²) < 4.78 is 4.77. The molecule has 0 aromatic heterocycles. The number of azide groups is 1. The van der Waals surface area contributed by atoms with Crippen molar-refractivity contribution in [3.63, 3.8) is 0 Å². The zero-order valence-electron chi connectivity index (χ0n) is 7.99. The monoisotopic (exact) mass is 219 g/mol. The number of nitrogens with zero attached hydrogens (tertiary/aromatic N) is 3. The van der Waals surface area contributed by atoms with Gasteiger partial charge in [0.2, 0.25) is 0 Å². The second-order valence-corrected chi connectivity index (χ2v) is 2.99. The largest absolute Gasteiger partial charge is 0.465 e. The zero-order chi connectivity index (χ0) is 10.6. The van der Waals surface area contributed by atoms with Crippen LogP contribution in [-0.2, 0) is 9.53 Å². The predicted octanol–water partition coefficient (Wildman–Crippen LogP) is 2.64. The first-order valence-electron chi connectivity index (χ1n) is 4.53. The first-order valence-corrected chi connectivity index (χ1v) is 5.07. The Morgan fingerprint density at radius 2 is 2.07 bits per heavy atom. The molecule has 0 fully saturated rings. The van der Waals surface area contributed by atoms with Crippen molar-refractivity contribution in [2.75, 3.05) is 19.0 Å². The second kappa shape index (κ2) is 10.2. The quantitative estimate of drug-likeness (QED) is 0.157. The number of esters is 1. The molecule has 0 saturated heterocycles. The van der Waals surface area contributed by atoms with E-state index in [0.717, 1.165) is 25.7 Å². The molecule has 0 aliphatic carbocycles. The van der Waals surface area contributed by atoms with Gasteiger partial charge in [-0.2, -0.15) is 0 Å². The number of hydrogen-bond donors (Lipinski definition) is 0. The summed E-state index contributed by atoms with van der Waals surface area (Å²) in [7, 11) is 0. The number of halogens is 1. The fourth-order valence-corrected chi connectivity index (χ4v) is 0.985. The smallest absolute Gasteiger partial charge is 0.320 e. The predicted molar refractivity (Wildman–Crippen MR) is 54.2 cm³/mol. The van der Waals surface area contributed by atoms with Crippen molar-refractivity contribution in [2.45, 2.75) is 25.7 Å². The molecule has 0 aliphatic rings. The Morgan fingerprint density at radius 1 is 1.36 bits per heavy atom. The van der Waals surface area contributed by atoms with Crippen LogP contribution in [-0.4, -0.2) is 25.0 Å². The van der Waals surface area contributed by atoms with E-state index in [1.807, 2.05) is 0 Å². The van der Waals surface area contributed by atoms with Crippen LogP contribution < -0.4 is 0 Å². The summed E-state index contributed by atoms with van der Waals surface area (Å²) in [4.78, 5) is 13.2. The summed E-state index contributed by atoms with van der Waals surface area (Å²) in [6.45, 7) is 0.963. The van der Waals surface area contributed by atoms with E-state index < -0.39 is 0 Å². The minimum Gasteiger partial charge on any atom is -0.465 e. The SMILES string of the molecule is [N-]=[N+]=NCCCCCCOC(=O)CCl. The number of unbranched alkanes of at least 4 members (excludes halogenated alkanes) is 3. The maximum Gasteiger partial charge on any atom is 0.320 e. The number of alkyl halides is 1.